The molecule has 3 rings (SSSR count). The van der Waals surface area contributed by atoms with Gasteiger partial charge in [-0.1, -0.05) is 6.07 Å². The Bertz CT molecular complexity index is 536. The molecule has 0 atom stereocenters. The number of hydrogen-bond acceptors (Lipinski definition) is 4. The van der Waals surface area contributed by atoms with Crippen molar-refractivity contribution >= 4 is 5.95 Å². The molecule has 2 heterocycles. The zero-order valence-corrected chi connectivity index (χ0v) is 9.49. The van der Waals surface area contributed by atoms with E-state index in [2.05, 4.69) is 15.3 Å². The number of hydrogen-bond donors (Lipinski definition) is 2. The van der Waals surface area contributed by atoms with Gasteiger partial charge in [0, 0.05) is 19.2 Å². The van der Waals surface area contributed by atoms with Crippen LogP contribution in [0.15, 0.2) is 24.4 Å². The molecule has 0 radical (unpaired) electrons. The number of benzene rings is 1. The van der Waals surface area contributed by atoms with Crippen LogP contribution in [-0.4, -0.2) is 23.8 Å². The fourth-order valence-electron chi connectivity index (χ4n) is 1.85. The Labute approximate surface area is 98.8 Å². The minimum absolute atomic E-state index is 0.312. The minimum atomic E-state index is 0.312. The maximum Gasteiger partial charge on any atom is 0.231 e. The zero-order chi connectivity index (χ0) is 11.7. The van der Waals surface area contributed by atoms with Gasteiger partial charge < -0.3 is 19.8 Å². The first-order valence-electron chi connectivity index (χ1n) is 5.45. The van der Waals surface area contributed by atoms with Gasteiger partial charge in [-0.25, -0.2) is 4.98 Å². The van der Waals surface area contributed by atoms with Crippen molar-refractivity contribution in [2.45, 2.75) is 6.42 Å². The lowest BCUT2D eigenvalue weighted by Crippen LogP contribution is -1.93. The van der Waals surface area contributed by atoms with Gasteiger partial charge in [0.25, 0.3) is 0 Å². The van der Waals surface area contributed by atoms with Gasteiger partial charge in [-0.05, 0) is 17.7 Å². The quantitative estimate of drug-likeness (QED) is 0.845. The Kier molecular flexibility index (Phi) is 2.36. The monoisotopic (exact) mass is 231 g/mol. The molecule has 88 valence electrons. The van der Waals surface area contributed by atoms with Crippen molar-refractivity contribution in [1.29, 1.82) is 0 Å². The highest BCUT2D eigenvalue weighted by Crippen LogP contribution is 2.32. The van der Waals surface area contributed by atoms with Crippen LogP contribution < -0.4 is 14.8 Å². The van der Waals surface area contributed by atoms with Gasteiger partial charge in [-0.2, -0.15) is 0 Å². The largest absolute Gasteiger partial charge is 0.454 e. The third kappa shape index (κ3) is 1.91. The number of imidazole rings is 1. The summed E-state index contributed by atoms with van der Waals surface area (Å²) in [6, 6.07) is 5.97. The van der Waals surface area contributed by atoms with E-state index in [1.807, 2.05) is 31.4 Å². The van der Waals surface area contributed by atoms with E-state index >= 15 is 0 Å². The molecule has 0 saturated heterocycles. The van der Waals surface area contributed by atoms with Gasteiger partial charge in [0.2, 0.25) is 6.79 Å². The van der Waals surface area contributed by atoms with E-state index < -0.39 is 0 Å². The van der Waals surface area contributed by atoms with Crippen LogP contribution in [0, 0.1) is 0 Å². The number of ether oxygens (including phenoxy) is 2. The Morgan fingerprint density at radius 1 is 1.35 bits per heavy atom. The van der Waals surface area contributed by atoms with Crippen LogP contribution in [0.5, 0.6) is 11.5 Å². The summed E-state index contributed by atoms with van der Waals surface area (Å²) in [5.74, 6) is 2.41. The smallest absolute Gasteiger partial charge is 0.231 e. The van der Waals surface area contributed by atoms with E-state index in [4.69, 9.17) is 9.47 Å². The summed E-state index contributed by atoms with van der Waals surface area (Å²) in [7, 11) is 1.84. The highest BCUT2D eigenvalue weighted by atomic mass is 16.7. The van der Waals surface area contributed by atoms with E-state index in [1.54, 1.807) is 0 Å². The first-order chi connectivity index (χ1) is 8.35. The second-order valence-corrected chi connectivity index (χ2v) is 3.87. The maximum absolute atomic E-state index is 5.34. The molecule has 0 saturated carbocycles. The molecular weight excluding hydrogens is 218 g/mol. The normalized spacial score (nSPS) is 12.8. The van der Waals surface area contributed by atoms with Gasteiger partial charge in [0.05, 0.1) is 6.20 Å². The third-order valence-corrected chi connectivity index (χ3v) is 2.70. The van der Waals surface area contributed by atoms with E-state index in [9.17, 15) is 0 Å². The molecule has 1 aliphatic heterocycles. The molecule has 0 bridgehead atoms. The summed E-state index contributed by atoms with van der Waals surface area (Å²) >= 11 is 0. The number of aromatic nitrogens is 2. The molecule has 0 aliphatic carbocycles. The standard InChI is InChI=1S/C12H13N3O2/c1-13-12-14-6-9(15-12)4-8-2-3-10-11(5-8)17-7-16-10/h2-3,5-6H,4,7H2,1H3,(H2,13,14,15). The number of anilines is 1. The lowest BCUT2D eigenvalue weighted by atomic mass is 10.1. The molecule has 0 unspecified atom stereocenters. The van der Waals surface area contributed by atoms with Gasteiger partial charge in [0.15, 0.2) is 17.4 Å². The van der Waals surface area contributed by atoms with Crippen molar-refractivity contribution in [2.75, 3.05) is 19.2 Å². The summed E-state index contributed by atoms with van der Waals surface area (Å²) in [5.41, 5.74) is 2.23. The number of rotatable bonds is 3. The van der Waals surface area contributed by atoms with Crippen LogP contribution >= 0.6 is 0 Å². The summed E-state index contributed by atoms with van der Waals surface area (Å²) in [4.78, 5) is 7.37. The van der Waals surface area contributed by atoms with E-state index in [0.29, 0.717) is 6.79 Å². The number of aromatic amines is 1. The van der Waals surface area contributed by atoms with E-state index in [0.717, 1.165) is 29.6 Å². The summed E-state index contributed by atoms with van der Waals surface area (Å²) in [6.45, 7) is 0.312. The van der Waals surface area contributed by atoms with Gasteiger partial charge >= 0.3 is 0 Å². The van der Waals surface area contributed by atoms with Gasteiger partial charge in [-0.15, -0.1) is 0 Å². The number of nitrogens with zero attached hydrogens (tertiary/aromatic N) is 1. The van der Waals surface area contributed by atoms with Gasteiger partial charge in [-0.3, -0.25) is 0 Å². The third-order valence-electron chi connectivity index (χ3n) is 2.70. The minimum Gasteiger partial charge on any atom is -0.454 e. The SMILES string of the molecule is CNc1ncc(Cc2ccc3c(c2)OCO3)[nH]1. The maximum atomic E-state index is 5.34. The Morgan fingerprint density at radius 2 is 2.24 bits per heavy atom. The second-order valence-electron chi connectivity index (χ2n) is 3.87. The average molecular weight is 231 g/mol. The molecular formula is C12H13N3O2. The summed E-state index contributed by atoms with van der Waals surface area (Å²) in [5, 5.41) is 2.96. The number of nitrogens with one attached hydrogen (secondary N) is 2. The van der Waals surface area contributed by atoms with E-state index in [1.165, 1.54) is 5.56 Å². The van der Waals surface area contributed by atoms with Crippen molar-refractivity contribution in [2.24, 2.45) is 0 Å². The molecule has 5 heteroatoms. The predicted molar refractivity (Wildman–Crippen MR) is 63.5 cm³/mol. The molecule has 1 aromatic carbocycles. The fourth-order valence-corrected chi connectivity index (χ4v) is 1.85. The Hall–Kier alpha value is -2.17. The lowest BCUT2D eigenvalue weighted by molar-refractivity contribution is 0.174. The summed E-state index contributed by atoms with van der Waals surface area (Å²) in [6.07, 6.45) is 2.63. The van der Waals surface area contributed by atoms with Crippen LogP contribution in [0.4, 0.5) is 5.95 Å². The summed E-state index contributed by atoms with van der Waals surface area (Å²) < 4.78 is 10.6. The molecule has 0 spiro atoms. The predicted octanol–water partition coefficient (Wildman–Crippen LogP) is 1.77. The lowest BCUT2D eigenvalue weighted by Gasteiger charge is -2.01. The zero-order valence-electron chi connectivity index (χ0n) is 9.49. The van der Waals surface area contributed by atoms with Crippen molar-refractivity contribution in [1.82, 2.24) is 9.97 Å². The average Bonchev–Trinajstić information content (AvgIpc) is 2.96. The van der Waals surface area contributed by atoms with Crippen LogP contribution in [0.3, 0.4) is 0 Å². The molecule has 2 N–H and O–H groups in total. The van der Waals surface area contributed by atoms with E-state index in [-0.39, 0.29) is 0 Å². The van der Waals surface area contributed by atoms with Crippen molar-refractivity contribution in [3.63, 3.8) is 0 Å². The Morgan fingerprint density at radius 3 is 3.06 bits per heavy atom. The van der Waals surface area contributed by atoms with Crippen molar-refractivity contribution in [3.8, 4) is 11.5 Å². The van der Waals surface area contributed by atoms with Crippen molar-refractivity contribution in [3.05, 3.63) is 35.7 Å². The first-order valence-corrected chi connectivity index (χ1v) is 5.45. The molecule has 5 nitrogen and oxygen atoms in total. The van der Waals surface area contributed by atoms with Crippen LogP contribution in [0.2, 0.25) is 0 Å². The highest BCUT2D eigenvalue weighted by molar-refractivity contribution is 5.45. The number of fused-ring (bicyclic) bond motifs is 1. The first kappa shape index (κ1) is 10.0. The highest BCUT2D eigenvalue weighted by Gasteiger charge is 2.13. The van der Waals surface area contributed by atoms with Crippen LogP contribution in [-0.2, 0) is 6.42 Å². The Balaban J connectivity index is 1.80. The fraction of sp³-hybridized carbons (Fsp3) is 0.250. The van der Waals surface area contributed by atoms with Gasteiger partial charge in [0.1, 0.15) is 0 Å². The molecule has 1 aromatic heterocycles. The van der Waals surface area contributed by atoms with Crippen LogP contribution in [0.25, 0.3) is 0 Å². The molecule has 17 heavy (non-hydrogen) atoms. The number of H-pyrrole nitrogens is 1. The van der Waals surface area contributed by atoms with Crippen molar-refractivity contribution < 1.29 is 9.47 Å². The molecule has 2 aromatic rings. The molecule has 0 amide bonds. The molecule has 1 aliphatic rings. The van der Waals surface area contributed by atoms with Crippen LogP contribution in [0.1, 0.15) is 11.3 Å². The molecule has 0 fully saturated rings. The topological polar surface area (TPSA) is 59.2 Å². The second kappa shape index (κ2) is 4.01.